The minimum atomic E-state index is -4.73. The van der Waals surface area contributed by atoms with Crippen molar-refractivity contribution < 1.29 is 22.4 Å². The average Bonchev–Trinajstić information content (AvgIpc) is 3.31. The van der Waals surface area contributed by atoms with E-state index in [1.165, 1.54) is 18.6 Å². The molecule has 4 aromatic rings. The van der Waals surface area contributed by atoms with Crippen molar-refractivity contribution in [1.82, 2.24) is 14.7 Å². The molecule has 5 rings (SSSR count). The molecule has 9 heteroatoms. The van der Waals surface area contributed by atoms with E-state index in [0.717, 1.165) is 52.9 Å². The van der Waals surface area contributed by atoms with Gasteiger partial charge < -0.3 is 19.1 Å². The third-order valence-corrected chi connectivity index (χ3v) is 6.90. The number of nitrogens with zero attached hydrogens (tertiary/aromatic N) is 3. The van der Waals surface area contributed by atoms with Gasteiger partial charge in [0.1, 0.15) is 11.5 Å². The number of alkyl halides is 3. The number of ether oxygens (including phenoxy) is 1. The first-order valence-corrected chi connectivity index (χ1v) is 12.1. The molecule has 1 fully saturated rings. The van der Waals surface area contributed by atoms with Crippen molar-refractivity contribution in [2.45, 2.75) is 65.8 Å². The van der Waals surface area contributed by atoms with Gasteiger partial charge in [0.05, 0.1) is 16.7 Å². The maximum atomic E-state index is 12.6. The zero-order valence-electron chi connectivity index (χ0n) is 20.7. The summed E-state index contributed by atoms with van der Waals surface area (Å²) in [6.45, 7) is 8.39. The summed E-state index contributed by atoms with van der Waals surface area (Å²) in [5, 5.41) is 7.41. The van der Waals surface area contributed by atoms with Gasteiger partial charge in [-0.1, -0.05) is 31.5 Å². The summed E-state index contributed by atoms with van der Waals surface area (Å²) < 4.78 is 49.3. The Labute approximate surface area is 207 Å². The van der Waals surface area contributed by atoms with Crippen LogP contribution in [0.2, 0.25) is 0 Å². The fraction of sp³-hybridized carbons (Fsp3) is 0.407. The lowest BCUT2D eigenvalue weighted by Gasteiger charge is -2.36. The van der Waals surface area contributed by atoms with Gasteiger partial charge in [-0.2, -0.15) is 0 Å². The Kier molecular flexibility index (Phi) is 5.97. The van der Waals surface area contributed by atoms with Crippen molar-refractivity contribution in [2.24, 2.45) is 5.41 Å². The molecule has 190 valence electrons. The van der Waals surface area contributed by atoms with Crippen molar-refractivity contribution >= 4 is 22.7 Å². The number of aromatic nitrogens is 3. The smallest absolute Gasteiger partial charge is 0.406 e. The summed E-state index contributed by atoms with van der Waals surface area (Å²) in [5.74, 6) is 1.15. The second-order valence-corrected chi connectivity index (χ2v) is 10.3. The number of fused-ring (bicyclic) bond motifs is 1. The number of aryl methyl sites for hydroxylation is 2. The van der Waals surface area contributed by atoms with Crippen LogP contribution in [0.15, 0.2) is 47.0 Å². The van der Waals surface area contributed by atoms with E-state index in [9.17, 15) is 13.2 Å². The van der Waals surface area contributed by atoms with Gasteiger partial charge in [-0.15, -0.1) is 13.2 Å². The van der Waals surface area contributed by atoms with Crippen molar-refractivity contribution in [3.05, 3.63) is 53.9 Å². The Bertz CT molecular complexity index is 1370. The van der Waals surface area contributed by atoms with E-state index in [4.69, 9.17) is 9.51 Å². The van der Waals surface area contributed by atoms with E-state index < -0.39 is 6.36 Å². The Morgan fingerprint density at radius 1 is 1.11 bits per heavy atom. The molecule has 1 saturated carbocycles. The highest BCUT2D eigenvalue weighted by atomic mass is 19.4. The van der Waals surface area contributed by atoms with Gasteiger partial charge in [-0.25, -0.2) is 4.98 Å². The predicted molar refractivity (Wildman–Crippen MR) is 132 cm³/mol. The van der Waals surface area contributed by atoms with E-state index >= 15 is 0 Å². The Balaban J connectivity index is 1.55. The molecule has 6 nitrogen and oxygen atoms in total. The quantitative estimate of drug-likeness (QED) is 0.301. The first-order valence-electron chi connectivity index (χ1n) is 12.1. The first-order chi connectivity index (χ1) is 17.0. The lowest BCUT2D eigenvalue weighted by atomic mass is 9.75. The molecule has 2 aromatic heterocycles. The van der Waals surface area contributed by atoms with Gasteiger partial charge in [0.15, 0.2) is 0 Å². The van der Waals surface area contributed by atoms with E-state index in [-0.39, 0.29) is 17.2 Å². The Morgan fingerprint density at radius 3 is 2.50 bits per heavy atom. The summed E-state index contributed by atoms with van der Waals surface area (Å²) in [6.07, 6.45) is -0.381. The molecule has 2 aromatic carbocycles. The topological polar surface area (TPSA) is 65.1 Å². The molecule has 0 radical (unpaired) electrons. The van der Waals surface area contributed by atoms with Gasteiger partial charge >= 0.3 is 6.36 Å². The van der Waals surface area contributed by atoms with Crippen molar-refractivity contribution in [3.8, 4) is 16.9 Å². The van der Waals surface area contributed by atoms with Crippen LogP contribution in [-0.4, -0.2) is 21.1 Å². The normalized spacial score (nSPS) is 17.9. The van der Waals surface area contributed by atoms with Gasteiger partial charge in [0.2, 0.25) is 5.95 Å². The van der Waals surface area contributed by atoms with Crippen LogP contribution in [0.5, 0.6) is 5.75 Å². The number of anilines is 2. The zero-order chi connectivity index (χ0) is 25.7. The molecule has 0 saturated heterocycles. The van der Waals surface area contributed by atoms with E-state index in [0.29, 0.717) is 11.6 Å². The molecular formula is C27H29F3N4O2. The molecular weight excluding hydrogens is 469 g/mol. The molecule has 1 aliphatic rings. The second kappa shape index (κ2) is 8.87. The van der Waals surface area contributed by atoms with Crippen LogP contribution in [0, 0.1) is 19.3 Å². The Morgan fingerprint density at radius 2 is 1.86 bits per heavy atom. The van der Waals surface area contributed by atoms with Crippen LogP contribution in [0.1, 0.15) is 57.0 Å². The predicted octanol–water partition coefficient (Wildman–Crippen LogP) is 8.09. The Hall–Kier alpha value is -3.49. The number of nitrogens with one attached hydrogen (secondary N) is 1. The monoisotopic (exact) mass is 498 g/mol. The van der Waals surface area contributed by atoms with Gasteiger partial charge in [0.25, 0.3) is 0 Å². The van der Waals surface area contributed by atoms with Crippen LogP contribution in [0.4, 0.5) is 24.8 Å². The van der Waals surface area contributed by atoms with Gasteiger partial charge in [0, 0.05) is 17.3 Å². The third kappa shape index (κ3) is 4.92. The fourth-order valence-corrected chi connectivity index (χ4v) is 5.35. The molecule has 1 aliphatic carbocycles. The standard InChI is InChI=1S/C27H29F3N4O2/c1-16-24(17(2)36-33-16)18-7-12-23-22(14-18)32-25(34(23)20-6-5-13-26(3,4)15-20)31-19-8-10-21(11-9-19)35-27(28,29)30/h7-12,14,20H,5-6,13,15H2,1-4H3,(H,31,32)/t20-/m0/s1. The molecule has 0 unspecified atom stereocenters. The number of benzene rings is 2. The minimum absolute atomic E-state index is 0.212. The van der Waals surface area contributed by atoms with Crippen molar-refractivity contribution in [1.29, 1.82) is 0 Å². The van der Waals surface area contributed by atoms with Gasteiger partial charge in [-0.05, 0) is 80.5 Å². The number of hydrogen-bond acceptors (Lipinski definition) is 5. The summed E-state index contributed by atoms with van der Waals surface area (Å²) in [7, 11) is 0. The maximum absolute atomic E-state index is 12.6. The summed E-state index contributed by atoms with van der Waals surface area (Å²) >= 11 is 0. The lowest BCUT2D eigenvalue weighted by Crippen LogP contribution is -2.25. The van der Waals surface area contributed by atoms with Crippen LogP contribution in [0.25, 0.3) is 22.2 Å². The number of rotatable bonds is 5. The van der Waals surface area contributed by atoms with Crippen LogP contribution in [-0.2, 0) is 0 Å². The summed E-state index contributed by atoms with van der Waals surface area (Å²) in [4.78, 5) is 4.93. The second-order valence-electron chi connectivity index (χ2n) is 10.3. The average molecular weight is 499 g/mol. The van der Waals surface area contributed by atoms with E-state index in [1.54, 1.807) is 12.1 Å². The highest BCUT2D eigenvalue weighted by Crippen LogP contribution is 2.44. The van der Waals surface area contributed by atoms with Crippen LogP contribution < -0.4 is 10.1 Å². The van der Waals surface area contributed by atoms with E-state index in [1.807, 2.05) is 19.9 Å². The fourth-order valence-electron chi connectivity index (χ4n) is 5.35. The third-order valence-electron chi connectivity index (χ3n) is 6.90. The minimum Gasteiger partial charge on any atom is -0.406 e. The van der Waals surface area contributed by atoms with Crippen LogP contribution >= 0.6 is 0 Å². The molecule has 0 bridgehead atoms. The molecule has 0 amide bonds. The highest BCUT2D eigenvalue weighted by molar-refractivity contribution is 5.86. The molecule has 2 heterocycles. The maximum Gasteiger partial charge on any atom is 0.573 e. The SMILES string of the molecule is Cc1noc(C)c1-c1ccc2c(c1)nc(Nc1ccc(OC(F)(F)F)cc1)n2[C@H]1CCCC(C)(C)C1. The lowest BCUT2D eigenvalue weighted by molar-refractivity contribution is -0.274. The largest absolute Gasteiger partial charge is 0.573 e. The van der Waals surface area contributed by atoms with Crippen molar-refractivity contribution in [2.75, 3.05) is 5.32 Å². The molecule has 1 atom stereocenters. The van der Waals surface area contributed by atoms with Crippen LogP contribution in [0.3, 0.4) is 0 Å². The molecule has 0 aliphatic heterocycles. The van der Waals surface area contributed by atoms with Gasteiger partial charge in [-0.3, -0.25) is 0 Å². The number of hydrogen-bond donors (Lipinski definition) is 1. The summed E-state index contributed by atoms with van der Waals surface area (Å²) in [6, 6.07) is 12.1. The summed E-state index contributed by atoms with van der Waals surface area (Å²) in [5.41, 5.74) is 5.43. The zero-order valence-corrected chi connectivity index (χ0v) is 20.7. The molecule has 1 N–H and O–H groups in total. The molecule has 0 spiro atoms. The van der Waals surface area contributed by atoms with E-state index in [2.05, 4.69) is 45.8 Å². The highest BCUT2D eigenvalue weighted by Gasteiger charge is 2.32. The number of halogens is 3. The molecule has 36 heavy (non-hydrogen) atoms. The van der Waals surface area contributed by atoms with Crippen molar-refractivity contribution in [3.63, 3.8) is 0 Å². The number of imidazole rings is 1. The first kappa shape index (κ1) is 24.2.